The van der Waals surface area contributed by atoms with Gasteiger partial charge in [-0.1, -0.05) is 36.8 Å². The summed E-state index contributed by atoms with van der Waals surface area (Å²) < 4.78 is 0. The van der Waals surface area contributed by atoms with Crippen molar-refractivity contribution in [3.8, 4) is 0 Å². The molecular weight excluding hydrogens is 262 g/mol. The van der Waals surface area contributed by atoms with Crippen molar-refractivity contribution >= 4 is 0 Å². The Kier molecular flexibility index (Phi) is 2.86. The summed E-state index contributed by atoms with van der Waals surface area (Å²) in [6.45, 7) is 2.26. The first kappa shape index (κ1) is 13.0. The van der Waals surface area contributed by atoms with Gasteiger partial charge >= 0.3 is 0 Å². The van der Waals surface area contributed by atoms with Crippen LogP contribution in [-0.4, -0.2) is 22.3 Å². The average molecular weight is 283 g/mol. The predicted molar refractivity (Wildman–Crippen MR) is 82.9 cm³/mol. The Morgan fingerprint density at radius 2 is 2.05 bits per heavy atom. The van der Waals surface area contributed by atoms with Gasteiger partial charge in [-0.25, -0.2) is 0 Å². The summed E-state index contributed by atoms with van der Waals surface area (Å²) in [5.41, 5.74) is 3.04. The molecule has 0 fully saturated rings. The van der Waals surface area contributed by atoms with E-state index in [1.54, 1.807) is 6.08 Å². The first-order valence-corrected chi connectivity index (χ1v) is 7.82. The van der Waals surface area contributed by atoms with E-state index < -0.39 is 0 Å². The minimum atomic E-state index is -0.0810. The van der Waals surface area contributed by atoms with E-state index in [1.165, 1.54) is 12.0 Å². The maximum atomic E-state index is 10.8. The van der Waals surface area contributed by atoms with Crippen LogP contribution in [0.2, 0.25) is 0 Å². The van der Waals surface area contributed by atoms with E-state index in [0.29, 0.717) is 23.2 Å². The summed E-state index contributed by atoms with van der Waals surface area (Å²) in [7, 11) is 0. The van der Waals surface area contributed by atoms with Crippen molar-refractivity contribution in [3.63, 3.8) is 0 Å². The SMILES string of the molecule is CC1CC2CC=CCC2=C2C(O)=C3C(O)=CC=C[C@H]3NC21. The highest BCUT2D eigenvalue weighted by molar-refractivity contribution is 5.54. The van der Waals surface area contributed by atoms with E-state index in [0.717, 1.165) is 18.4 Å². The normalized spacial score (nSPS) is 37.9. The molecule has 1 aliphatic heterocycles. The number of hydrogen-bond acceptors (Lipinski definition) is 3. The van der Waals surface area contributed by atoms with E-state index >= 15 is 0 Å². The minimum Gasteiger partial charge on any atom is -0.507 e. The van der Waals surface area contributed by atoms with Gasteiger partial charge in [-0.2, -0.15) is 0 Å². The second-order valence-electron chi connectivity index (χ2n) is 6.58. The van der Waals surface area contributed by atoms with E-state index in [-0.39, 0.29) is 17.8 Å². The van der Waals surface area contributed by atoms with Crippen LogP contribution in [0.5, 0.6) is 0 Å². The number of hydrogen-bond donors (Lipinski definition) is 3. The van der Waals surface area contributed by atoms with Crippen molar-refractivity contribution in [1.82, 2.24) is 5.32 Å². The topological polar surface area (TPSA) is 52.5 Å². The highest BCUT2D eigenvalue weighted by Crippen LogP contribution is 2.45. The quantitative estimate of drug-likeness (QED) is 0.597. The monoisotopic (exact) mass is 283 g/mol. The predicted octanol–water partition coefficient (Wildman–Crippen LogP) is 3.45. The van der Waals surface area contributed by atoms with Gasteiger partial charge in [0.05, 0.1) is 11.6 Å². The van der Waals surface area contributed by atoms with Gasteiger partial charge in [0.25, 0.3) is 0 Å². The van der Waals surface area contributed by atoms with Crippen LogP contribution in [-0.2, 0) is 0 Å². The molecule has 0 saturated heterocycles. The number of aliphatic hydroxyl groups is 2. The summed E-state index contributed by atoms with van der Waals surface area (Å²) >= 11 is 0. The lowest BCUT2D eigenvalue weighted by atomic mass is 9.68. The van der Waals surface area contributed by atoms with Crippen molar-refractivity contribution < 1.29 is 10.2 Å². The molecule has 0 bridgehead atoms. The van der Waals surface area contributed by atoms with E-state index in [2.05, 4.69) is 24.4 Å². The van der Waals surface area contributed by atoms with Gasteiger partial charge < -0.3 is 10.2 Å². The molecule has 21 heavy (non-hydrogen) atoms. The van der Waals surface area contributed by atoms with Crippen LogP contribution in [0.15, 0.2) is 58.6 Å². The summed E-state index contributed by atoms with van der Waals surface area (Å²) in [4.78, 5) is 0. The van der Waals surface area contributed by atoms with Crippen LogP contribution in [0.25, 0.3) is 0 Å². The Balaban J connectivity index is 1.91. The summed E-state index contributed by atoms with van der Waals surface area (Å²) in [5, 5.41) is 24.6. The molecule has 3 N–H and O–H groups in total. The number of rotatable bonds is 0. The lowest BCUT2D eigenvalue weighted by Gasteiger charge is -2.44. The van der Waals surface area contributed by atoms with Crippen molar-refractivity contribution in [2.45, 2.75) is 38.3 Å². The Morgan fingerprint density at radius 3 is 2.90 bits per heavy atom. The van der Waals surface area contributed by atoms with E-state index in [9.17, 15) is 10.2 Å². The van der Waals surface area contributed by atoms with Gasteiger partial charge in [0.1, 0.15) is 11.5 Å². The second kappa shape index (κ2) is 4.63. The standard InChI is InChI=1S/C18H21NO2/c1-10-9-11-5-2-3-6-12(11)15-17(10)19-13-7-4-8-14(20)16(13)18(15)21/h2-4,7-8,10-11,13,17,19-21H,5-6,9H2,1H3/t10?,11?,13-,17?/m1/s1. The van der Waals surface area contributed by atoms with Gasteiger partial charge in [0, 0.05) is 11.6 Å². The number of aliphatic hydroxyl groups excluding tert-OH is 2. The Morgan fingerprint density at radius 1 is 1.19 bits per heavy atom. The third-order valence-corrected chi connectivity index (χ3v) is 5.31. The summed E-state index contributed by atoms with van der Waals surface area (Å²) in [6, 6.07) is 0.106. The fraction of sp³-hybridized carbons (Fsp3) is 0.444. The van der Waals surface area contributed by atoms with Crippen molar-refractivity contribution in [3.05, 3.63) is 58.6 Å². The molecule has 3 unspecified atom stereocenters. The van der Waals surface area contributed by atoms with Crippen molar-refractivity contribution in [1.29, 1.82) is 0 Å². The van der Waals surface area contributed by atoms with E-state index in [4.69, 9.17) is 0 Å². The molecule has 3 heteroatoms. The molecule has 4 aliphatic rings. The molecule has 0 spiro atoms. The molecular formula is C18H21NO2. The third kappa shape index (κ3) is 1.84. The largest absolute Gasteiger partial charge is 0.507 e. The minimum absolute atomic E-state index is 0.0810. The van der Waals surface area contributed by atoms with E-state index in [1.807, 2.05) is 12.2 Å². The first-order chi connectivity index (χ1) is 10.2. The maximum Gasteiger partial charge on any atom is 0.129 e. The number of allylic oxidation sites excluding steroid dienone is 5. The van der Waals surface area contributed by atoms with Gasteiger partial charge in [0.2, 0.25) is 0 Å². The molecule has 4 atom stereocenters. The fourth-order valence-electron chi connectivity index (χ4n) is 4.31. The summed E-state index contributed by atoms with van der Waals surface area (Å²) in [6.07, 6.45) is 13.1. The van der Waals surface area contributed by atoms with Gasteiger partial charge in [-0.05, 0) is 37.2 Å². The molecule has 0 aromatic heterocycles. The average Bonchev–Trinajstić information content (AvgIpc) is 2.47. The van der Waals surface area contributed by atoms with Crippen LogP contribution in [0, 0.1) is 11.8 Å². The fourth-order valence-corrected chi connectivity index (χ4v) is 4.31. The lowest BCUT2D eigenvalue weighted by molar-refractivity contribution is 0.265. The zero-order valence-corrected chi connectivity index (χ0v) is 12.2. The zero-order chi connectivity index (χ0) is 14.6. The molecule has 0 aromatic rings. The molecule has 4 rings (SSSR count). The molecule has 110 valence electrons. The van der Waals surface area contributed by atoms with Crippen LogP contribution in [0.3, 0.4) is 0 Å². The molecule has 3 aliphatic carbocycles. The maximum absolute atomic E-state index is 10.8. The molecule has 0 radical (unpaired) electrons. The Labute approximate surface area is 125 Å². The van der Waals surface area contributed by atoms with Crippen LogP contribution >= 0.6 is 0 Å². The van der Waals surface area contributed by atoms with Crippen LogP contribution in [0.1, 0.15) is 26.2 Å². The molecule has 0 saturated carbocycles. The Hall–Kier alpha value is -1.74. The second-order valence-corrected chi connectivity index (χ2v) is 6.58. The highest BCUT2D eigenvalue weighted by atomic mass is 16.3. The smallest absolute Gasteiger partial charge is 0.129 e. The summed E-state index contributed by atoms with van der Waals surface area (Å²) in [5.74, 6) is 1.52. The van der Waals surface area contributed by atoms with Crippen LogP contribution in [0.4, 0.5) is 0 Å². The highest BCUT2D eigenvalue weighted by Gasteiger charge is 2.42. The Bertz CT molecular complexity index is 636. The molecule has 1 heterocycles. The van der Waals surface area contributed by atoms with Gasteiger partial charge in [-0.15, -0.1) is 0 Å². The molecule has 0 amide bonds. The van der Waals surface area contributed by atoms with Crippen molar-refractivity contribution in [2.75, 3.05) is 0 Å². The zero-order valence-electron chi connectivity index (χ0n) is 12.2. The van der Waals surface area contributed by atoms with Crippen LogP contribution < -0.4 is 5.32 Å². The lowest BCUT2D eigenvalue weighted by Crippen LogP contribution is -2.51. The third-order valence-electron chi connectivity index (χ3n) is 5.31. The molecule has 3 nitrogen and oxygen atoms in total. The number of nitrogens with one attached hydrogen (secondary N) is 1. The van der Waals surface area contributed by atoms with Crippen molar-refractivity contribution in [2.24, 2.45) is 11.8 Å². The first-order valence-electron chi connectivity index (χ1n) is 7.82. The number of fused-ring (bicyclic) bond motifs is 3. The molecule has 0 aromatic carbocycles. The van der Waals surface area contributed by atoms with Gasteiger partial charge in [0.15, 0.2) is 0 Å². The van der Waals surface area contributed by atoms with Gasteiger partial charge in [-0.3, -0.25) is 5.32 Å².